The van der Waals surface area contributed by atoms with Crippen LogP contribution in [-0.2, 0) is 0 Å². The van der Waals surface area contributed by atoms with Crippen LogP contribution in [0.4, 0.5) is 0 Å². The van der Waals surface area contributed by atoms with Crippen molar-refractivity contribution in [1.82, 2.24) is 19.9 Å². The van der Waals surface area contributed by atoms with Gasteiger partial charge in [-0.3, -0.25) is 0 Å². The van der Waals surface area contributed by atoms with Gasteiger partial charge in [-0.1, -0.05) is 11.6 Å². The lowest BCUT2D eigenvalue weighted by atomic mass is 10.1. The quantitative estimate of drug-likeness (QED) is 0.665. The molecule has 0 atom stereocenters. The molecule has 84 valence electrons. The van der Waals surface area contributed by atoms with Crippen LogP contribution in [0.15, 0.2) is 30.7 Å². The summed E-state index contributed by atoms with van der Waals surface area (Å²) in [6, 6.07) is 5.38. The van der Waals surface area contributed by atoms with Gasteiger partial charge in [-0.15, -0.1) is 0 Å². The van der Waals surface area contributed by atoms with E-state index in [0.717, 1.165) is 11.1 Å². The summed E-state index contributed by atoms with van der Waals surface area (Å²) in [5.74, 6) is 0.796. The number of aromatic amines is 1. The van der Waals surface area contributed by atoms with Gasteiger partial charge in [-0.25, -0.2) is 15.0 Å². The Hall–Kier alpha value is -2.43. The molecule has 3 rings (SSSR count). The van der Waals surface area contributed by atoms with E-state index < -0.39 is 0 Å². The third-order valence-corrected chi connectivity index (χ3v) is 2.57. The Morgan fingerprint density at radius 2 is 2.18 bits per heavy atom. The van der Waals surface area contributed by atoms with Crippen molar-refractivity contribution in [1.29, 1.82) is 0 Å². The van der Waals surface area contributed by atoms with Crippen LogP contribution in [0.2, 0.25) is 0 Å². The first kappa shape index (κ1) is 9.77. The number of H-pyrrole nitrogens is 1. The number of phenols is 1. The van der Waals surface area contributed by atoms with Gasteiger partial charge in [0, 0.05) is 0 Å². The van der Waals surface area contributed by atoms with Crippen molar-refractivity contribution in [2.45, 2.75) is 6.92 Å². The molecule has 2 aromatic heterocycles. The minimum atomic E-state index is 0.197. The molecule has 0 radical (unpaired) electrons. The summed E-state index contributed by atoms with van der Waals surface area (Å²) in [5.41, 5.74) is 3.08. The van der Waals surface area contributed by atoms with E-state index in [1.165, 1.54) is 6.33 Å². The van der Waals surface area contributed by atoms with Gasteiger partial charge in [-0.05, 0) is 19.1 Å². The first-order valence-electron chi connectivity index (χ1n) is 5.20. The highest BCUT2D eigenvalue weighted by Gasteiger charge is 2.10. The summed E-state index contributed by atoms with van der Waals surface area (Å²) in [4.78, 5) is 15.4. The molecule has 0 saturated heterocycles. The molecule has 5 nitrogen and oxygen atoms in total. The zero-order chi connectivity index (χ0) is 11.8. The lowest BCUT2D eigenvalue weighted by molar-refractivity contribution is 0.477. The Morgan fingerprint density at radius 3 is 3.00 bits per heavy atom. The first-order valence-corrected chi connectivity index (χ1v) is 5.20. The summed E-state index contributed by atoms with van der Waals surface area (Å²) in [6.45, 7) is 1.96. The lowest BCUT2D eigenvalue weighted by Crippen LogP contribution is -1.83. The molecule has 0 saturated carbocycles. The molecule has 0 bridgehead atoms. The van der Waals surface area contributed by atoms with E-state index >= 15 is 0 Å². The molecule has 0 aliphatic carbocycles. The summed E-state index contributed by atoms with van der Waals surface area (Å²) in [5, 5.41) is 9.82. The molecule has 2 heterocycles. The number of fused-ring (bicyclic) bond motifs is 1. The fourth-order valence-corrected chi connectivity index (χ4v) is 1.73. The number of nitrogens with one attached hydrogen (secondary N) is 1. The number of hydrogen-bond acceptors (Lipinski definition) is 4. The zero-order valence-electron chi connectivity index (χ0n) is 9.18. The van der Waals surface area contributed by atoms with Gasteiger partial charge in [0.2, 0.25) is 0 Å². The van der Waals surface area contributed by atoms with Gasteiger partial charge < -0.3 is 10.1 Å². The lowest BCUT2D eigenvalue weighted by Gasteiger charge is -2.01. The van der Waals surface area contributed by atoms with Crippen molar-refractivity contribution >= 4 is 11.2 Å². The molecule has 2 N–H and O–H groups in total. The second kappa shape index (κ2) is 3.55. The highest BCUT2D eigenvalue weighted by Crippen LogP contribution is 2.28. The maximum atomic E-state index is 9.82. The molecular weight excluding hydrogens is 216 g/mol. The number of benzene rings is 1. The Labute approximate surface area is 97.2 Å². The molecule has 0 aliphatic rings. The van der Waals surface area contributed by atoms with Crippen molar-refractivity contribution in [3.05, 3.63) is 36.3 Å². The Bertz CT molecular complexity index is 657. The second-order valence-corrected chi connectivity index (χ2v) is 3.87. The third kappa shape index (κ3) is 1.61. The molecule has 0 fully saturated rings. The molecule has 0 amide bonds. The predicted octanol–water partition coefficient (Wildman–Crippen LogP) is 2.03. The van der Waals surface area contributed by atoms with Crippen molar-refractivity contribution < 1.29 is 5.11 Å². The largest absolute Gasteiger partial charge is 0.507 e. The van der Waals surface area contributed by atoms with E-state index in [1.807, 2.05) is 19.1 Å². The number of hydrogen-bond donors (Lipinski definition) is 2. The van der Waals surface area contributed by atoms with Crippen LogP contribution >= 0.6 is 0 Å². The maximum Gasteiger partial charge on any atom is 0.181 e. The van der Waals surface area contributed by atoms with Crippen LogP contribution in [0.5, 0.6) is 5.75 Å². The van der Waals surface area contributed by atoms with Gasteiger partial charge in [0.15, 0.2) is 5.65 Å². The second-order valence-electron chi connectivity index (χ2n) is 3.87. The fourth-order valence-electron chi connectivity index (χ4n) is 1.73. The van der Waals surface area contributed by atoms with Gasteiger partial charge in [0.05, 0.1) is 11.8 Å². The average molecular weight is 226 g/mol. The Balaban J connectivity index is 2.23. The topological polar surface area (TPSA) is 74.7 Å². The molecule has 0 unspecified atom stereocenters. The SMILES string of the molecule is Cc1ccc(O)c(-c2nc3ncncc3[nH]2)c1. The number of rotatable bonds is 1. The minimum Gasteiger partial charge on any atom is -0.507 e. The number of imidazole rings is 1. The first-order chi connectivity index (χ1) is 8.24. The van der Waals surface area contributed by atoms with Crippen LogP contribution in [0.1, 0.15) is 5.56 Å². The predicted molar refractivity (Wildman–Crippen MR) is 63.5 cm³/mol. The summed E-state index contributed by atoms with van der Waals surface area (Å²) in [6.07, 6.45) is 3.11. The van der Waals surface area contributed by atoms with Crippen molar-refractivity contribution in [3.63, 3.8) is 0 Å². The number of nitrogens with zero attached hydrogens (tertiary/aromatic N) is 3. The highest BCUT2D eigenvalue weighted by atomic mass is 16.3. The smallest absolute Gasteiger partial charge is 0.181 e. The number of aromatic hydroxyl groups is 1. The normalized spacial score (nSPS) is 10.9. The number of phenolic OH excluding ortho intramolecular Hbond substituents is 1. The van der Waals surface area contributed by atoms with Crippen molar-refractivity contribution in [2.75, 3.05) is 0 Å². The summed E-state index contributed by atoms with van der Waals surface area (Å²) < 4.78 is 0. The minimum absolute atomic E-state index is 0.197. The van der Waals surface area contributed by atoms with Gasteiger partial charge >= 0.3 is 0 Å². The Kier molecular flexibility index (Phi) is 2.04. The number of aromatic nitrogens is 4. The van der Waals surface area contributed by atoms with E-state index in [0.29, 0.717) is 17.0 Å². The van der Waals surface area contributed by atoms with Crippen LogP contribution in [0, 0.1) is 6.92 Å². The van der Waals surface area contributed by atoms with Crippen LogP contribution in [0.25, 0.3) is 22.6 Å². The van der Waals surface area contributed by atoms with Crippen molar-refractivity contribution in [2.24, 2.45) is 0 Å². The van der Waals surface area contributed by atoms with E-state index in [-0.39, 0.29) is 5.75 Å². The molecule has 0 aliphatic heterocycles. The van der Waals surface area contributed by atoms with Gasteiger partial charge in [-0.2, -0.15) is 0 Å². The molecular formula is C12H10N4O. The molecule has 17 heavy (non-hydrogen) atoms. The summed E-state index contributed by atoms with van der Waals surface area (Å²) in [7, 11) is 0. The maximum absolute atomic E-state index is 9.82. The summed E-state index contributed by atoms with van der Waals surface area (Å²) >= 11 is 0. The average Bonchev–Trinajstić information content (AvgIpc) is 2.75. The van der Waals surface area contributed by atoms with Crippen LogP contribution in [-0.4, -0.2) is 25.0 Å². The fraction of sp³-hybridized carbons (Fsp3) is 0.0833. The van der Waals surface area contributed by atoms with Crippen LogP contribution in [0.3, 0.4) is 0 Å². The highest BCUT2D eigenvalue weighted by molar-refractivity contribution is 5.76. The monoisotopic (exact) mass is 226 g/mol. The van der Waals surface area contributed by atoms with E-state index in [1.54, 1.807) is 12.3 Å². The standard InChI is InChI=1S/C12H10N4O/c1-7-2-3-10(17)8(4-7)11-15-9-5-13-6-14-12(9)16-11/h2-6,17H,1H3,(H,13,14,15,16). The van der Waals surface area contributed by atoms with E-state index in [9.17, 15) is 5.11 Å². The molecule has 3 aromatic rings. The Morgan fingerprint density at radius 1 is 1.29 bits per heavy atom. The molecule has 0 spiro atoms. The van der Waals surface area contributed by atoms with Crippen molar-refractivity contribution in [3.8, 4) is 17.1 Å². The van der Waals surface area contributed by atoms with E-state index in [4.69, 9.17) is 0 Å². The van der Waals surface area contributed by atoms with Crippen LogP contribution < -0.4 is 0 Å². The van der Waals surface area contributed by atoms with Gasteiger partial charge in [0.25, 0.3) is 0 Å². The zero-order valence-corrected chi connectivity index (χ0v) is 9.18. The van der Waals surface area contributed by atoms with E-state index in [2.05, 4.69) is 19.9 Å². The number of aryl methyl sites for hydroxylation is 1. The van der Waals surface area contributed by atoms with Gasteiger partial charge in [0.1, 0.15) is 23.4 Å². The molecule has 1 aromatic carbocycles. The molecule has 5 heteroatoms. The third-order valence-electron chi connectivity index (χ3n) is 2.57.